The fourth-order valence-electron chi connectivity index (χ4n) is 2.14. The molecule has 1 fully saturated rings. The molecule has 2 rings (SSSR count). The summed E-state index contributed by atoms with van der Waals surface area (Å²) in [5.74, 6) is 3.38. The van der Waals surface area contributed by atoms with E-state index in [-0.39, 0.29) is 0 Å². The molecule has 0 saturated carbocycles. The molecule has 0 aromatic carbocycles. The number of thioether (sulfide) groups is 1. The maximum atomic E-state index is 4.45. The summed E-state index contributed by atoms with van der Waals surface area (Å²) in [6.07, 6.45) is 2.54. The van der Waals surface area contributed by atoms with Crippen LogP contribution in [-0.4, -0.2) is 35.5 Å². The molecule has 1 saturated heterocycles. The Morgan fingerprint density at radius 2 is 2.32 bits per heavy atom. The van der Waals surface area contributed by atoms with Gasteiger partial charge in [0.15, 0.2) is 5.96 Å². The van der Waals surface area contributed by atoms with E-state index >= 15 is 0 Å². The van der Waals surface area contributed by atoms with Crippen LogP contribution in [0.5, 0.6) is 0 Å². The second-order valence-corrected chi connectivity index (χ2v) is 7.16. The first kappa shape index (κ1) is 14.7. The highest BCUT2D eigenvalue weighted by molar-refractivity contribution is 7.99. The molecule has 2 heterocycles. The Morgan fingerprint density at radius 3 is 2.89 bits per heavy atom. The quantitative estimate of drug-likeness (QED) is 0.664. The molecule has 1 aromatic heterocycles. The van der Waals surface area contributed by atoms with Gasteiger partial charge in [-0.1, -0.05) is 0 Å². The Labute approximate surface area is 123 Å². The largest absolute Gasteiger partial charge is 0.353 e. The number of hydrogen-bond acceptors (Lipinski definition) is 4. The van der Waals surface area contributed by atoms with Crippen molar-refractivity contribution >= 4 is 29.1 Å². The molecule has 0 radical (unpaired) electrons. The number of rotatable bonds is 3. The Kier molecular flexibility index (Phi) is 5.51. The minimum Gasteiger partial charge on any atom is -0.353 e. The first-order chi connectivity index (χ1) is 9.19. The molecule has 1 atom stereocenters. The number of guanidine groups is 1. The van der Waals surface area contributed by atoms with Gasteiger partial charge in [0.2, 0.25) is 0 Å². The Hall–Kier alpha value is -0.750. The molecule has 2 N–H and O–H groups in total. The van der Waals surface area contributed by atoms with Gasteiger partial charge in [-0.15, -0.1) is 11.3 Å². The van der Waals surface area contributed by atoms with Crippen molar-refractivity contribution in [3.8, 4) is 0 Å². The van der Waals surface area contributed by atoms with Crippen LogP contribution in [0.3, 0.4) is 0 Å². The van der Waals surface area contributed by atoms with Gasteiger partial charge in [0.05, 0.1) is 17.2 Å². The van der Waals surface area contributed by atoms with Gasteiger partial charge >= 0.3 is 0 Å². The Morgan fingerprint density at radius 1 is 1.47 bits per heavy atom. The van der Waals surface area contributed by atoms with Crippen LogP contribution in [0, 0.1) is 13.8 Å². The number of thiazole rings is 1. The molecule has 6 heteroatoms. The van der Waals surface area contributed by atoms with Crippen LogP contribution in [0.4, 0.5) is 0 Å². The zero-order valence-corrected chi connectivity index (χ0v) is 13.5. The summed E-state index contributed by atoms with van der Waals surface area (Å²) in [6, 6.07) is 0.550. The fourth-order valence-corrected chi connectivity index (χ4v) is 4.09. The summed E-state index contributed by atoms with van der Waals surface area (Å²) in [5.41, 5.74) is 1.12. The number of aryl methyl sites for hydroxylation is 2. The van der Waals surface area contributed by atoms with Gasteiger partial charge in [-0.3, -0.25) is 4.99 Å². The molecule has 0 amide bonds. The predicted octanol–water partition coefficient (Wildman–Crippen LogP) is 2.32. The van der Waals surface area contributed by atoms with Crippen LogP contribution < -0.4 is 10.6 Å². The van der Waals surface area contributed by atoms with E-state index in [4.69, 9.17) is 0 Å². The topological polar surface area (TPSA) is 49.3 Å². The number of hydrogen-bond donors (Lipinski definition) is 2. The van der Waals surface area contributed by atoms with E-state index in [1.165, 1.54) is 29.2 Å². The SMILES string of the molecule is CN=C(NCc1sc(C)nc1C)NC1CCCSC1. The van der Waals surface area contributed by atoms with Gasteiger partial charge < -0.3 is 10.6 Å². The monoisotopic (exact) mass is 298 g/mol. The van der Waals surface area contributed by atoms with Crippen molar-refractivity contribution < 1.29 is 0 Å². The average Bonchev–Trinajstić information content (AvgIpc) is 2.74. The van der Waals surface area contributed by atoms with E-state index in [1.807, 2.05) is 25.7 Å². The standard InChI is InChI=1S/C13H22N4S2/c1-9-12(19-10(2)16-9)7-15-13(14-3)17-11-5-4-6-18-8-11/h11H,4-8H2,1-3H3,(H2,14,15,17). The van der Waals surface area contributed by atoms with Crippen molar-refractivity contribution in [1.82, 2.24) is 15.6 Å². The normalized spacial score (nSPS) is 20.4. The molecule has 0 spiro atoms. The molecule has 106 valence electrons. The van der Waals surface area contributed by atoms with Crippen LogP contribution in [0.1, 0.15) is 28.4 Å². The Bertz CT molecular complexity index is 436. The van der Waals surface area contributed by atoms with Crippen molar-refractivity contribution in [2.75, 3.05) is 18.6 Å². The molecule has 0 bridgehead atoms. The summed E-state index contributed by atoms with van der Waals surface area (Å²) >= 11 is 3.77. The predicted molar refractivity (Wildman–Crippen MR) is 85.3 cm³/mol. The van der Waals surface area contributed by atoms with Gasteiger partial charge in [0.1, 0.15) is 0 Å². The van der Waals surface area contributed by atoms with E-state index in [9.17, 15) is 0 Å². The first-order valence-electron chi connectivity index (χ1n) is 6.67. The van der Waals surface area contributed by atoms with Crippen LogP contribution in [-0.2, 0) is 6.54 Å². The van der Waals surface area contributed by atoms with Crippen molar-refractivity contribution in [2.24, 2.45) is 4.99 Å². The average molecular weight is 298 g/mol. The maximum absolute atomic E-state index is 4.45. The van der Waals surface area contributed by atoms with Gasteiger partial charge in [0, 0.05) is 23.7 Å². The molecule has 19 heavy (non-hydrogen) atoms. The number of nitrogens with zero attached hydrogens (tertiary/aromatic N) is 2. The molecule has 1 aliphatic heterocycles. The summed E-state index contributed by atoms with van der Waals surface area (Å²) in [6.45, 7) is 4.92. The third kappa shape index (κ3) is 4.38. The van der Waals surface area contributed by atoms with Crippen molar-refractivity contribution in [3.63, 3.8) is 0 Å². The van der Waals surface area contributed by atoms with E-state index in [1.54, 1.807) is 11.3 Å². The first-order valence-corrected chi connectivity index (χ1v) is 8.64. The highest BCUT2D eigenvalue weighted by atomic mass is 32.2. The zero-order valence-electron chi connectivity index (χ0n) is 11.8. The second-order valence-electron chi connectivity index (χ2n) is 4.73. The lowest BCUT2D eigenvalue weighted by molar-refractivity contribution is 0.582. The highest BCUT2D eigenvalue weighted by Crippen LogP contribution is 2.18. The third-order valence-corrected chi connectivity index (χ3v) is 5.43. The molecule has 1 aliphatic rings. The van der Waals surface area contributed by atoms with E-state index < -0.39 is 0 Å². The van der Waals surface area contributed by atoms with E-state index in [0.29, 0.717) is 6.04 Å². The van der Waals surface area contributed by atoms with Crippen molar-refractivity contribution in [1.29, 1.82) is 0 Å². The summed E-state index contributed by atoms with van der Waals surface area (Å²) in [4.78, 5) is 10.0. The summed E-state index contributed by atoms with van der Waals surface area (Å²) in [7, 11) is 1.83. The van der Waals surface area contributed by atoms with E-state index in [2.05, 4.69) is 27.5 Å². The van der Waals surface area contributed by atoms with Crippen molar-refractivity contribution in [2.45, 2.75) is 39.3 Å². The molecule has 1 aromatic rings. The summed E-state index contributed by atoms with van der Waals surface area (Å²) in [5, 5.41) is 8.02. The third-order valence-electron chi connectivity index (χ3n) is 3.14. The van der Waals surface area contributed by atoms with Crippen molar-refractivity contribution in [3.05, 3.63) is 15.6 Å². The molecular weight excluding hydrogens is 276 g/mol. The van der Waals surface area contributed by atoms with Gasteiger partial charge in [-0.2, -0.15) is 11.8 Å². The molecule has 0 aliphatic carbocycles. The van der Waals surface area contributed by atoms with E-state index in [0.717, 1.165) is 23.2 Å². The fraction of sp³-hybridized carbons (Fsp3) is 0.692. The minimum absolute atomic E-state index is 0.550. The number of aliphatic imine (C=N–C) groups is 1. The van der Waals surface area contributed by atoms with Gasteiger partial charge in [-0.05, 0) is 32.4 Å². The molecule has 4 nitrogen and oxygen atoms in total. The smallest absolute Gasteiger partial charge is 0.191 e. The Balaban J connectivity index is 1.84. The lowest BCUT2D eigenvalue weighted by atomic mass is 10.2. The lowest BCUT2D eigenvalue weighted by Crippen LogP contribution is -2.45. The second kappa shape index (κ2) is 7.14. The number of nitrogens with one attached hydrogen (secondary N) is 2. The zero-order chi connectivity index (χ0) is 13.7. The van der Waals surface area contributed by atoms with Gasteiger partial charge in [-0.25, -0.2) is 4.98 Å². The van der Waals surface area contributed by atoms with Gasteiger partial charge in [0.25, 0.3) is 0 Å². The van der Waals surface area contributed by atoms with Crippen LogP contribution in [0.15, 0.2) is 4.99 Å². The maximum Gasteiger partial charge on any atom is 0.191 e. The molecular formula is C13H22N4S2. The molecule has 1 unspecified atom stereocenters. The van der Waals surface area contributed by atoms with Crippen LogP contribution in [0.25, 0.3) is 0 Å². The number of aromatic nitrogens is 1. The highest BCUT2D eigenvalue weighted by Gasteiger charge is 2.15. The van der Waals surface area contributed by atoms with Crippen LogP contribution >= 0.6 is 23.1 Å². The lowest BCUT2D eigenvalue weighted by Gasteiger charge is -2.24. The summed E-state index contributed by atoms with van der Waals surface area (Å²) < 4.78 is 0. The minimum atomic E-state index is 0.550. The van der Waals surface area contributed by atoms with Crippen LogP contribution in [0.2, 0.25) is 0 Å².